The van der Waals surface area contributed by atoms with E-state index in [1.54, 1.807) is 11.3 Å². The average molecular weight is 332 g/mol. The first kappa shape index (κ1) is 14.7. The van der Waals surface area contributed by atoms with Crippen LogP contribution in [0.3, 0.4) is 0 Å². The van der Waals surface area contributed by atoms with Gasteiger partial charge < -0.3 is 5.32 Å². The molecule has 0 bridgehead atoms. The molecule has 1 N–H and O–H groups in total. The van der Waals surface area contributed by atoms with E-state index >= 15 is 0 Å². The van der Waals surface area contributed by atoms with Gasteiger partial charge in [-0.15, -0.1) is 11.3 Å². The molecule has 6 heteroatoms. The molecule has 0 radical (unpaired) electrons. The zero-order valence-electron chi connectivity index (χ0n) is 11.0. The molecule has 0 saturated carbocycles. The van der Waals surface area contributed by atoms with Gasteiger partial charge in [0.2, 0.25) is 0 Å². The Labute approximate surface area is 129 Å². The number of fused-ring (bicyclic) bond motifs is 1. The molecule has 112 valence electrons. The summed E-state index contributed by atoms with van der Waals surface area (Å²) in [5, 5.41) is 5.32. The van der Waals surface area contributed by atoms with Crippen molar-refractivity contribution in [3.63, 3.8) is 0 Å². The summed E-state index contributed by atoms with van der Waals surface area (Å²) in [5.41, 5.74) is 0.887. The zero-order valence-corrected chi connectivity index (χ0v) is 12.6. The van der Waals surface area contributed by atoms with Crippen LogP contribution in [0.15, 0.2) is 29.6 Å². The highest BCUT2D eigenvalue weighted by Gasteiger charge is 2.31. The zero-order chi connectivity index (χ0) is 15.0. The maximum Gasteiger partial charge on any atom is 0.416 e. The molecule has 1 atom stereocenters. The number of benzene rings is 1. The third kappa shape index (κ3) is 3.19. The van der Waals surface area contributed by atoms with Crippen molar-refractivity contribution in [2.24, 2.45) is 0 Å². The number of nitrogens with one attached hydrogen (secondary N) is 1. The van der Waals surface area contributed by atoms with Crippen LogP contribution in [0.5, 0.6) is 0 Å². The Morgan fingerprint density at radius 3 is 2.81 bits per heavy atom. The van der Waals surface area contributed by atoms with E-state index in [9.17, 15) is 13.2 Å². The van der Waals surface area contributed by atoms with E-state index in [1.807, 2.05) is 11.4 Å². The lowest BCUT2D eigenvalue weighted by Gasteiger charge is -2.25. The topological polar surface area (TPSA) is 12.0 Å². The van der Waals surface area contributed by atoms with Crippen LogP contribution in [-0.4, -0.2) is 0 Å². The molecule has 1 aromatic carbocycles. The third-order valence-electron chi connectivity index (χ3n) is 3.62. The lowest BCUT2D eigenvalue weighted by molar-refractivity contribution is -0.137. The van der Waals surface area contributed by atoms with E-state index < -0.39 is 11.7 Å². The summed E-state index contributed by atoms with van der Waals surface area (Å²) in [6, 6.07) is 5.71. The number of rotatable bonds is 2. The Bertz CT molecular complexity index is 651. The standard InChI is InChI=1S/C15H13ClF3NS/c16-10-6-9(15(17,18)19)7-11(8-10)20-13-2-1-3-14-12(13)4-5-21-14/h4-8,13,20H,1-3H2. The third-order valence-corrected chi connectivity index (χ3v) is 4.83. The minimum Gasteiger partial charge on any atom is -0.378 e. The fourth-order valence-corrected chi connectivity index (χ4v) is 3.90. The van der Waals surface area contributed by atoms with Gasteiger partial charge >= 0.3 is 6.18 Å². The van der Waals surface area contributed by atoms with Gasteiger partial charge in [0.15, 0.2) is 0 Å². The van der Waals surface area contributed by atoms with Crippen molar-refractivity contribution in [1.82, 2.24) is 0 Å². The first-order chi connectivity index (χ1) is 9.93. The summed E-state index contributed by atoms with van der Waals surface area (Å²) in [6.45, 7) is 0. The number of hydrogen-bond acceptors (Lipinski definition) is 2. The van der Waals surface area contributed by atoms with E-state index in [0.29, 0.717) is 5.69 Å². The second-order valence-electron chi connectivity index (χ2n) is 5.11. The van der Waals surface area contributed by atoms with Crippen LogP contribution >= 0.6 is 22.9 Å². The average Bonchev–Trinajstić information content (AvgIpc) is 2.86. The molecule has 0 fully saturated rings. The maximum atomic E-state index is 12.8. The predicted molar refractivity (Wildman–Crippen MR) is 80.1 cm³/mol. The number of anilines is 1. The number of hydrogen-bond donors (Lipinski definition) is 1. The normalized spacial score (nSPS) is 18.4. The predicted octanol–water partition coefficient (Wildman–Crippen LogP) is 5.91. The molecule has 3 rings (SSSR count). The van der Waals surface area contributed by atoms with Crippen LogP contribution < -0.4 is 5.32 Å². The quantitative estimate of drug-likeness (QED) is 0.721. The van der Waals surface area contributed by atoms with E-state index in [4.69, 9.17) is 11.6 Å². The number of thiophene rings is 1. The summed E-state index contributed by atoms with van der Waals surface area (Å²) in [6.07, 6.45) is -1.38. The Balaban J connectivity index is 1.88. The van der Waals surface area contributed by atoms with Gasteiger partial charge in [0.25, 0.3) is 0 Å². The molecule has 0 spiro atoms. The lowest BCUT2D eigenvalue weighted by atomic mass is 9.94. The number of halogens is 4. The van der Waals surface area contributed by atoms with Gasteiger partial charge in [-0.05, 0) is 54.5 Å². The molecule has 1 aliphatic rings. The van der Waals surface area contributed by atoms with E-state index in [0.717, 1.165) is 31.4 Å². The summed E-state index contributed by atoms with van der Waals surface area (Å²) in [7, 11) is 0. The van der Waals surface area contributed by atoms with E-state index in [1.165, 1.54) is 16.5 Å². The van der Waals surface area contributed by atoms with Crippen molar-refractivity contribution in [2.45, 2.75) is 31.5 Å². The molecule has 21 heavy (non-hydrogen) atoms. The largest absolute Gasteiger partial charge is 0.416 e. The molecule has 1 aliphatic carbocycles. The summed E-state index contributed by atoms with van der Waals surface area (Å²) in [4.78, 5) is 1.32. The van der Waals surface area contributed by atoms with Crippen molar-refractivity contribution >= 4 is 28.6 Å². The van der Waals surface area contributed by atoms with Crippen LogP contribution in [0, 0.1) is 0 Å². The Kier molecular flexibility index (Phi) is 3.88. The monoisotopic (exact) mass is 331 g/mol. The smallest absolute Gasteiger partial charge is 0.378 e. The van der Waals surface area contributed by atoms with Gasteiger partial charge in [0, 0.05) is 15.6 Å². The molecule has 1 heterocycles. The number of aryl methyl sites for hydroxylation is 1. The van der Waals surface area contributed by atoms with Crippen LogP contribution in [0.2, 0.25) is 5.02 Å². The van der Waals surface area contributed by atoms with E-state index in [-0.39, 0.29) is 11.1 Å². The Hall–Kier alpha value is -1.20. The van der Waals surface area contributed by atoms with Crippen LogP contribution in [0.1, 0.15) is 34.9 Å². The molecule has 2 aromatic rings. The molecular weight excluding hydrogens is 319 g/mol. The van der Waals surface area contributed by atoms with Gasteiger partial charge in [-0.1, -0.05) is 11.6 Å². The molecule has 0 amide bonds. The van der Waals surface area contributed by atoms with Gasteiger partial charge in [-0.2, -0.15) is 13.2 Å². The van der Waals surface area contributed by atoms with Crippen molar-refractivity contribution in [2.75, 3.05) is 5.32 Å². The van der Waals surface area contributed by atoms with Crippen LogP contribution in [0.4, 0.5) is 18.9 Å². The maximum absolute atomic E-state index is 12.8. The van der Waals surface area contributed by atoms with Crippen molar-refractivity contribution in [3.05, 3.63) is 50.7 Å². The van der Waals surface area contributed by atoms with Gasteiger partial charge in [0.05, 0.1) is 11.6 Å². The fourth-order valence-electron chi connectivity index (χ4n) is 2.67. The SMILES string of the molecule is FC(F)(F)c1cc(Cl)cc(NC2CCCc3sccc32)c1. The minimum absolute atomic E-state index is 0.0551. The highest BCUT2D eigenvalue weighted by molar-refractivity contribution is 7.10. The van der Waals surface area contributed by atoms with E-state index in [2.05, 4.69) is 5.32 Å². The molecule has 0 saturated heterocycles. The van der Waals surface area contributed by atoms with Gasteiger partial charge in [-0.25, -0.2) is 0 Å². The molecule has 1 unspecified atom stereocenters. The second-order valence-corrected chi connectivity index (χ2v) is 6.55. The Morgan fingerprint density at radius 1 is 1.24 bits per heavy atom. The Morgan fingerprint density at radius 2 is 2.05 bits per heavy atom. The fraction of sp³-hybridized carbons (Fsp3) is 0.333. The van der Waals surface area contributed by atoms with Gasteiger partial charge in [-0.3, -0.25) is 0 Å². The van der Waals surface area contributed by atoms with Crippen molar-refractivity contribution in [3.8, 4) is 0 Å². The summed E-state index contributed by atoms with van der Waals surface area (Å²) < 4.78 is 38.5. The molecule has 1 nitrogen and oxygen atoms in total. The van der Waals surface area contributed by atoms with Crippen molar-refractivity contribution in [1.29, 1.82) is 0 Å². The van der Waals surface area contributed by atoms with Gasteiger partial charge in [0.1, 0.15) is 0 Å². The number of alkyl halides is 3. The highest BCUT2D eigenvalue weighted by atomic mass is 35.5. The minimum atomic E-state index is -4.39. The molecule has 0 aliphatic heterocycles. The van der Waals surface area contributed by atoms with Crippen LogP contribution in [-0.2, 0) is 12.6 Å². The molecular formula is C15H13ClF3NS. The highest BCUT2D eigenvalue weighted by Crippen LogP contribution is 2.38. The lowest BCUT2D eigenvalue weighted by Crippen LogP contribution is -2.16. The summed E-state index contributed by atoms with van der Waals surface area (Å²) >= 11 is 7.52. The van der Waals surface area contributed by atoms with Crippen molar-refractivity contribution < 1.29 is 13.2 Å². The molecule has 1 aromatic heterocycles. The second kappa shape index (κ2) is 5.54. The first-order valence-electron chi connectivity index (χ1n) is 6.64. The van der Waals surface area contributed by atoms with Crippen LogP contribution in [0.25, 0.3) is 0 Å². The first-order valence-corrected chi connectivity index (χ1v) is 7.90. The summed E-state index contributed by atoms with van der Waals surface area (Å²) in [5.74, 6) is 0.